The first-order valence-corrected chi connectivity index (χ1v) is 16.9. The van der Waals surface area contributed by atoms with Crippen LogP contribution in [0.1, 0.15) is 56.6 Å². The number of hydrogen-bond acceptors (Lipinski definition) is 4. The average Bonchev–Trinajstić information content (AvgIpc) is 2.98. The second-order valence-corrected chi connectivity index (χ2v) is 13.9. The van der Waals surface area contributed by atoms with Crippen LogP contribution in [0.4, 0.5) is 5.69 Å². The molecule has 2 amide bonds. The lowest BCUT2D eigenvalue weighted by atomic mass is 9.95. The minimum absolute atomic E-state index is 0.0634. The summed E-state index contributed by atoms with van der Waals surface area (Å²) in [5, 5.41) is 3.62. The number of nitrogens with one attached hydrogen (secondary N) is 1. The topological polar surface area (TPSA) is 86.8 Å². The zero-order valence-electron chi connectivity index (χ0n) is 23.9. The van der Waals surface area contributed by atoms with Gasteiger partial charge in [0.1, 0.15) is 12.6 Å². The molecule has 7 nitrogen and oxygen atoms in total. The summed E-state index contributed by atoms with van der Waals surface area (Å²) in [6.45, 7) is 3.30. The SMILES string of the molecule is CC[C@@H](C(=O)NC1CCCCC1)N(Cc1ccccc1Cl)C(=O)CN(c1ccc(Br)cc1)S(=O)(=O)c1ccc(C)cc1. The minimum atomic E-state index is -4.12. The molecule has 1 aliphatic carbocycles. The van der Waals surface area contributed by atoms with E-state index in [9.17, 15) is 18.0 Å². The lowest BCUT2D eigenvalue weighted by molar-refractivity contribution is -0.140. The maximum Gasteiger partial charge on any atom is 0.264 e. The molecule has 224 valence electrons. The predicted octanol–water partition coefficient (Wildman–Crippen LogP) is 6.86. The van der Waals surface area contributed by atoms with Crippen LogP contribution < -0.4 is 9.62 Å². The van der Waals surface area contributed by atoms with Crippen LogP contribution in [0.2, 0.25) is 5.02 Å². The van der Waals surface area contributed by atoms with Crippen molar-refractivity contribution in [2.24, 2.45) is 0 Å². The molecule has 1 aliphatic rings. The maximum atomic E-state index is 14.2. The summed E-state index contributed by atoms with van der Waals surface area (Å²) in [5.41, 5.74) is 1.93. The largest absolute Gasteiger partial charge is 0.352 e. The predicted molar refractivity (Wildman–Crippen MR) is 171 cm³/mol. The Bertz CT molecular complexity index is 1480. The molecular formula is C32H37BrClN3O4S. The van der Waals surface area contributed by atoms with Crippen molar-refractivity contribution >= 4 is 55.1 Å². The van der Waals surface area contributed by atoms with E-state index < -0.39 is 28.5 Å². The smallest absolute Gasteiger partial charge is 0.264 e. The summed E-state index contributed by atoms with van der Waals surface area (Å²) >= 11 is 9.89. The number of nitrogens with zero attached hydrogens (tertiary/aromatic N) is 2. The number of anilines is 1. The van der Waals surface area contributed by atoms with Crippen molar-refractivity contribution in [3.63, 3.8) is 0 Å². The fraction of sp³-hybridized carbons (Fsp3) is 0.375. The van der Waals surface area contributed by atoms with Gasteiger partial charge in [0.25, 0.3) is 10.0 Å². The van der Waals surface area contributed by atoms with Crippen molar-refractivity contribution in [1.82, 2.24) is 10.2 Å². The fourth-order valence-electron chi connectivity index (χ4n) is 5.25. The molecular weight excluding hydrogens is 638 g/mol. The number of hydrogen-bond donors (Lipinski definition) is 1. The Kier molecular flexibility index (Phi) is 11.1. The second-order valence-electron chi connectivity index (χ2n) is 10.7. The van der Waals surface area contributed by atoms with E-state index in [4.69, 9.17) is 11.6 Å². The third-order valence-electron chi connectivity index (χ3n) is 7.64. The summed E-state index contributed by atoms with van der Waals surface area (Å²) in [5.74, 6) is -0.736. The first kappa shape index (κ1) is 32.0. The van der Waals surface area contributed by atoms with Crippen LogP contribution in [0, 0.1) is 6.92 Å². The van der Waals surface area contributed by atoms with Crippen LogP contribution in [0.3, 0.4) is 0 Å². The number of halogens is 2. The summed E-state index contributed by atoms with van der Waals surface area (Å²) in [6.07, 6.45) is 5.45. The van der Waals surface area contributed by atoms with Gasteiger partial charge in [-0.3, -0.25) is 13.9 Å². The van der Waals surface area contributed by atoms with Crippen LogP contribution in [0.25, 0.3) is 0 Å². The third kappa shape index (κ3) is 7.94. The van der Waals surface area contributed by atoms with Gasteiger partial charge in [0.15, 0.2) is 0 Å². The molecule has 0 radical (unpaired) electrons. The van der Waals surface area contributed by atoms with Crippen molar-refractivity contribution in [1.29, 1.82) is 0 Å². The second kappa shape index (κ2) is 14.5. The number of sulfonamides is 1. The van der Waals surface area contributed by atoms with Gasteiger partial charge >= 0.3 is 0 Å². The lowest BCUT2D eigenvalue weighted by Gasteiger charge is -2.34. The van der Waals surface area contributed by atoms with Crippen molar-refractivity contribution in [3.8, 4) is 0 Å². The van der Waals surface area contributed by atoms with E-state index in [1.807, 2.05) is 26.0 Å². The molecule has 0 aliphatic heterocycles. The van der Waals surface area contributed by atoms with E-state index in [-0.39, 0.29) is 23.4 Å². The molecule has 0 heterocycles. The monoisotopic (exact) mass is 673 g/mol. The first-order valence-electron chi connectivity index (χ1n) is 14.3. The van der Waals surface area contributed by atoms with Gasteiger partial charge in [0, 0.05) is 22.1 Å². The summed E-state index contributed by atoms with van der Waals surface area (Å²) in [6, 6.07) is 19.7. The van der Waals surface area contributed by atoms with Crippen LogP contribution in [0.5, 0.6) is 0 Å². The Hall–Kier alpha value is -2.88. The Morgan fingerprint density at radius 2 is 1.62 bits per heavy atom. The van der Waals surface area contributed by atoms with Crippen molar-refractivity contribution in [3.05, 3.63) is 93.4 Å². The van der Waals surface area contributed by atoms with Crippen LogP contribution in [-0.2, 0) is 26.2 Å². The van der Waals surface area contributed by atoms with Crippen LogP contribution >= 0.6 is 27.5 Å². The Morgan fingerprint density at radius 1 is 0.976 bits per heavy atom. The molecule has 1 saturated carbocycles. The van der Waals surface area contributed by atoms with Crippen LogP contribution in [0.15, 0.2) is 82.2 Å². The zero-order chi connectivity index (χ0) is 30.3. The zero-order valence-corrected chi connectivity index (χ0v) is 27.1. The van der Waals surface area contributed by atoms with Crippen molar-refractivity contribution in [2.45, 2.75) is 75.9 Å². The van der Waals surface area contributed by atoms with E-state index in [2.05, 4.69) is 21.2 Å². The molecule has 1 N–H and O–H groups in total. The number of carbonyl (C=O) groups excluding carboxylic acids is 2. The molecule has 4 rings (SSSR count). The molecule has 3 aromatic carbocycles. The Morgan fingerprint density at radius 3 is 2.24 bits per heavy atom. The van der Waals surface area contributed by atoms with Gasteiger partial charge in [0.05, 0.1) is 10.6 Å². The number of amides is 2. The van der Waals surface area contributed by atoms with E-state index in [0.717, 1.165) is 46.4 Å². The van der Waals surface area contributed by atoms with Crippen LogP contribution in [-0.4, -0.2) is 43.8 Å². The number of rotatable bonds is 11. The molecule has 0 bridgehead atoms. The average molecular weight is 675 g/mol. The fourth-order valence-corrected chi connectivity index (χ4v) is 7.12. The Balaban J connectivity index is 1.71. The van der Waals surface area contributed by atoms with Gasteiger partial charge in [0.2, 0.25) is 11.8 Å². The van der Waals surface area contributed by atoms with Gasteiger partial charge in [-0.1, -0.05) is 89.6 Å². The molecule has 0 unspecified atom stereocenters. The number of carbonyl (C=O) groups is 2. The molecule has 0 saturated heterocycles. The van der Waals surface area contributed by atoms with E-state index >= 15 is 0 Å². The van der Waals surface area contributed by atoms with Gasteiger partial charge in [-0.05, 0) is 74.2 Å². The van der Waals surface area contributed by atoms with E-state index in [0.29, 0.717) is 22.7 Å². The number of benzene rings is 3. The highest BCUT2D eigenvalue weighted by molar-refractivity contribution is 9.10. The van der Waals surface area contributed by atoms with Gasteiger partial charge < -0.3 is 10.2 Å². The van der Waals surface area contributed by atoms with E-state index in [1.54, 1.807) is 48.5 Å². The first-order chi connectivity index (χ1) is 20.1. The normalized spacial score (nSPS) is 14.7. The molecule has 0 aromatic heterocycles. The summed E-state index contributed by atoms with van der Waals surface area (Å²) < 4.78 is 29.8. The standard InChI is InChI=1S/C32H37BrClN3O4S/c1-3-30(32(39)35-26-10-5-4-6-11-26)36(21-24-9-7-8-12-29(24)34)31(38)22-37(27-17-15-25(33)16-18-27)42(40,41)28-19-13-23(2)14-20-28/h7-9,12-20,26,30H,3-6,10-11,21-22H2,1-2H3,(H,35,39)/t30-/m0/s1. The van der Waals surface area contributed by atoms with E-state index in [1.165, 1.54) is 17.0 Å². The van der Waals surface area contributed by atoms with Crippen molar-refractivity contribution < 1.29 is 18.0 Å². The quantitative estimate of drug-likeness (QED) is 0.241. The van der Waals surface area contributed by atoms with Gasteiger partial charge in [-0.15, -0.1) is 0 Å². The summed E-state index contributed by atoms with van der Waals surface area (Å²) in [4.78, 5) is 29.4. The third-order valence-corrected chi connectivity index (χ3v) is 10.3. The molecule has 10 heteroatoms. The highest BCUT2D eigenvalue weighted by atomic mass is 79.9. The molecule has 1 atom stereocenters. The highest BCUT2D eigenvalue weighted by Gasteiger charge is 2.34. The van der Waals surface area contributed by atoms with Crippen molar-refractivity contribution in [2.75, 3.05) is 10.8 Å². The molecule has 3 aromatic rings. The molecule has 42 heavy (non-hydrogen) atoms. The lowest BCUT2D eigenvalue weighted by Crippen LogP contribution is -2.54. The van der Waals surface area contributed by atoms with Gasteiger partial charge in [-0.25, -0.2) is 8.42 Å². The molecule has 0 spiro atoms. The Labute approximate surface area is 262 Å². The maximum absolute atomic E-state index is 14.2. The highest BCUT2D eigenvalue weighted by Crippen LogP contribution is 2.27. The van der Waals surface area contributed by atoms with Gasteiger partial charge in [-0.2, -0.15) is 0 Å². The minimum Gasteiger partial charge on any atom is -0.352 e. The number of aryl methyl sites for hydroxylation is 1. The summed E-state index contributed by atoms with van der Waals surface area (Å²) in [7, 11) is -4.12. The molecule has 1 fully saturated rings.